The van der Waals surface area contributed by atoms with Crippen molar-refractivity contribution in [2.45, 2.75) is 13.2 Å². The molecule has 3 aromatic rings. The number of nitrogens with one attached hydrogen (secondary N) is 1. The Morgan fingerprint density at radius 2 is 1.81 bits per heavy atom. The third-order valence-electron chi connectivity index (χ3n) is 3.96. The highest BCUT2D eigenvalue weighted by Gasteiger charge is 2.13. The lowest BCUT2D eigenvalue weighted by atomic mass is 10.2. The van der Waals surface area contributed by atoms with Gasteiger partial charge in [-0.15, -0.1) is 0 Å². The number of methoxy groups -OCH3 is 1. The summed E-state index contributed by atoms with van der Waals surface area (Å²) < 4.78 is 25.2. The molecule has 1 N–H and O–H groups in total. The van der Waals surface area contributed by atoms with Gasteiger partial charge in [0.25, 0.3) is 0 Å². The van der Waals surface area contributed by atoms with Crippen LogP contribution < -0.4 is 14.8 Å². The molecule has 27 heavy (non-hydrogen) atoms. The van der Waals surface area contributed by atoms with Gasteiger partial charge in [0.1, 0.15) is 12.4 Å². The van der Waals surface area contributed by atoms with Gasteiger partial charge < -0.3 is 14.8 Å². The second-order valence-corrected chi connectivity index (χ2v) is 7.11. The molecule has 0 amide bonds. The SMILES string of the molecule is COc1cc(CNc2ccc(F)cc2)cc(Br)c1OCc1ccccc1Cl. The summed E-state index contributed by atoms with van der Waals surface area (Å²) in [6.45, 7) is 0.896. The molecule has 0 aliphatic rings. The number of ether oxygens (including phenoxy) is 2. The molecule has 0 spiro atoms. The summed E-state index contributed by atoms with van der Waals surface area (Å²) in [4.78, 5) is 0. The lowest BCUT2D eigenvalue weighted by Crippen LogP contribution is -2.03. The second kappa shape index (κ2) is 9.11. The van der Waals surface area contributed by atoms with Gasteiger partial charge >= 0.3 is 0 Å². The van der Waals surface area contributed by atoms with Crippen molar-refractivity contribution in [2.75, 3.05) is 12.4 Å². The Kier molecular flexibility index (Phi) is 6.58. The Bertz CT molecular complexity index is 919. The van der Waals surface area contributed by atoms with Gasteiger partial charge in [0.15, 0.2) is 11.5 Å². The summed E-state index contributed by atoms with van der Waals surface area (Å²) in [5, 5.41) is 3.91. The van der Waals surface area contributed by atoms with E-state index in [1.807, 2.05) is 36.4 Å². The Hall–Kier alpha value is -2.24. The van der Waals surface area contributed by atoms with Crippen LogP contribution in [0.2, 0.25) is 5.02 Å². The zero-order valence-corrected chi connectivity index (χ0v) is 17.0. The molecule has 0 unspecified atom stereocenters. The van der Waals surface area contributed by atoms with Crippen LogP contribution in [0, 0.1) is 5.82 Å². The molecule has 0 aromatic heterocycles. The molecule has 0 radical (unpaired) electrons. The van der Waals surface area contributed by atoms with Gasteiger partial charge in [-0.3, -0.25) is 0 Å². The van der Waals surface area contributed by atoms with Crippen molar-refractivity contribution in [3.05, 3.63) is 87.1 Å². The maximum Gasteiger partial charge on any atom is 0.175 e. The fourth-order valence-electron chi connectivity index (χ4n) is 2.55. The van der Waals surface area contributed by atoms with Crippen molar-refractivity contribution in [1.29, 1.82) is 0 Å². The van der Waals surface area contributed by atoms with E-state index in [1.54, 1.807) is 19.2 Å². The average Bonchev–Trinajstić information content (AvgIpc) is 2.67. The molecule has 0 bridgehead atoms. The molecule has 3 nitrogen and oxygen atoms in total. The maximum atomic E-state index is 13.0. The Morgan fingerprint density at radius 3 is 2.52 bits per heavy atom. The quantitative estimate of drug-likeness (QED) is 0.449. The van der Waals surface area contributed by atoms with E-state index < -0.39 is 0 Å². The van der Waals surface area contributed by atoms with E-state index in [4.69, 9.17) is 21.1 Å². The summed E-state index contributed by atoms with van der Waals surface area (Å²) in [6.07, 6.45) is 0. The molecule has 0 saturated heterocycles. The van der Waals surface area contributed by atoms with E-state index in [9.17, 15) is 4.39 Å². The Morgan fingerprint density at radius 1 is 1.07 bits per heavy atom. The fourth-order valence-corrected chi connectivity index (χ4v) is 3.35. The molecule has 0 aliphatic carbocycles. The summed E-state index contributed by atoms with van der Waals surface area (Å²) in [5.74, 6) is 0.972. The van der Waals surface area contributed by atoms with Crippen molar-refractivity contribution in [3.8, 4) is 11.5 Å². The maximum absolute atomic E-state index is 13.0. The number of anilines is 1. The van der Waals surface area contributed by atoms with Gasteiger partial charge in [-0.25, -0.2) is 4.39 Å². The van der Waals surface area contributed by atoms with Crippen molar-refractivity contribution in [2.24, 2.45) is 0 Å². The van der Waals surface area contributed by atoms with Crippen LogP contribution in [0.1, 0.15) is 11.1 Å². The molecular formula is C21H18BrClFNO2. The van der Waals surface area contributed by atoms with Gasteiger partial charge in [0, 0.05) is 22.8 Å². The predicted molar refractivity (Wildman–Crippen MR) is 110 cm³/mol. The third-order valence-corrected chi connectivity index (χ3v) is 4.92. The standard InChI is InChI=1S/C21H18BrClFNO2/c1-26-20-11-14(12-25-17-8-6-16(24)7-9-17)10-18(22)21(20)27-13-15-4-2-3-5-19(15)23/h2-11,25H,12-13H2,1H3. The zero-order chi connectivity index (χ0) is 19.2. The second-order valence-electron chi connectivity index (χ2n) is 5.85. The first-order valence-corrected chi connectivity index (χ1v) is 9.46. The minimum atomic E-state index is -0.259. The van der Waals surface area contributed by atoms with Crippen molar-refractivity contribution in [1.82, 2.24) is 0 Å². The highest BCUT2D eigenvalue weighted by Crippen LogP contribution is 2.37. The van der Waals surface area contributed by atoms with E-state index in [-0.39, 0.29) is 5.82 Å². The summed E-state index contributed by atoms with van der Waals surface area (Å²) in [6, 6.07) is 17.7. The summed E-state index contributed by atoms with van der Waals surface area (Å²) in [5.41, 5.74) is 2.73. The third kappa shape index (κ3) is 5.15. The Labute approximate surface area is 171 Å². The number of hydrogen-bond donors (Lipinski definition) is 1. The van der Waals surface area contributed by atoms with Crippen LogP contribution in [0.25, 0.3) is 0 Å². The molecule has 3 aromatic carbocycles. The van der Waals surface area contributed by atoms with E-state index in [0.717, 1.165) is 21.3 Å². The highest BCUT2D eigenvalue weighted by molar-refractivity contribution is 9.10. The first kappa shape index (κ1) is 19.5. The molecule has 6 heteroatoms. The number of benzene rings is 3. The molecular weight excluding hydrogens is 433 g/mol. The van der Waals surface area contributed by atoms with Crippen LogP contribution in [-0.2, 0) is 13.2 Å². The van der Waals surface area contributed by atoms with Gasteiger partial charge in [-0.1, -0.05) is 29.8 Å². The largest absolute Gasteiger partial charge is 0.493 e. The van der Waals surface area contributed by atoms with Gasteiger partial charge in [0.2, 0.25) is 0 Å². The molecule has 0 heterocycles. The van der Waals surface area contributed by atoms with E-state index in [1.165, 1.54) is 12.1 Å². The van der Waals surface area contributed by atoms with Gasteiger partial charge in [-0.2, -0.15) is 0 Å². The Balaban J connectivity index is 1.72. The minimum Gasteiger partial charge on any atom is -0.493 e. The first-order chi connectivity index (χ1) is 13.1. The lowest BCUT2D eigenvalue weighted by Gasteiger charge is -2.15. The van der Waals surface area contributed by atoms with Gasteiger partial charge in [0.05, 0.1) is 11.6 Å². The number of rotatable bonds is 7. The monoisotopic (exact) mass is 449 g/mol. The first-order valence-electron chi connectivity index (χ1n) is 8.29. The molecule has 0 saturated carbocycles. The fraction of sp³-hybridized carbons (Fsp3) is 0.143. The smallest absolute Gasteiger partial charge is 0.175 e. The van der Waals surface area contributed by atoms with Crippen molar-refractivity contribution >= 4 is 33.2 Å². The van der Waals surface area contributed by atoms with Crippen LogP contribution in [0.15, 0.2) is 65.1 Å². The van der Waals surface area contributed by atoms with Crippen LogP contribution >= 0.6 is 27.5 Å². The van der Waals surface area contributed by atoms with Crippen LogP contribution in [0.3, 0.4) is 0 Å². The van der Waals surface area contributed by atoms with E-state index >= 15 is 0 Å². The van der Waals surface area contributed by atoms with Crippen LogP contribution in [0.5, 0.6) is 11.5 Å². The number of halogens is 3. The number of hydrogen-bond acceptors (Lipinski definition) is 3. The predicted octanol–water partition coefficient (Wildman–Crippen LogP) is 6.44. The normalized spacial score (nSPS) is 10.5. The summed E-state index contributed by atoms with van der Waals surface area (Å²) in [7, 11) is 1.60. The molecule has 140 valence electrons. The van der Waals surface area contributed by atoms with Crippen molar-refractivity contribution < 1.29 is 13.9 Å². The topological polar surface area (TPSA) is 30.5 Å². The highest BCUT2D eigenvalue weighted by atomic mass is 79.9. The van der Waals surface area contributed by atoms with Crippen LogP contribution in [0.4, 0.5) is 10.1 Å². The molecule has 0 fully saturated rings. The van der Waals surface area contributed by atoms with Gasteiger partial charge in [-0.05, 0) is 64.0 Å². The molecule has 0 aliphatic heterocycles. The van der Waals surface area contributed by atoms with Crippen LogP contribution in [-0.4, -0.2) is 7.11 Å². The lowest BCUT2D eigenvalue weighted by molar-refractivity contribution is 0.282. The zero-order valence-electron chi connectivity index (χ0n) is 14.6. The summed E-state index contributed by atoms with van der Waals surface area (Å²) >= 11 is 9.73. The van der Waals surface area contributed by atoms with Crippen molar-refractivity contribution in [3.63, 3.8) is 0 Å². The van der Waals surface area contributed by atoms with E-state index in [2.05, 4.69) is 21.2 Å². The molecule has 3 rings (SSSR count). The molecule has 0 atom stereocenters. The minimum absolute atomic E-state index is 0.259. The van der Waals surface area contributed by atoms with E-state index in [0.29, 0.717) is 29.7 Å². The average molecular weight is 451 g/mol.